The smallest absolute Gasteiger partial charge is 0.155 e. The van der Waals surface area contributed by atoms with Gasteiger partial charge in [0.1, 0.15) is 0 Å². The summed E-state index contributed by atoms with van der Waals surface area (Å²) >= 11 is 0. The van der Waals surface area contributed by atoms with Gasteiger partial charge in [0.15, 0.2) is 5.78 Å². The van der Waals surface area contributed by atoms with Crippen LogP contribution in [0.1, 0.15) is 19.3 Å². The van der Waals surface area contributed by atoms with E-state index in [1.165, 1.54) is 6.08 Å². The van der Waals surface area contributed by atoms with Gasteiger partial charge < -0.3 is 0 Å². The van der Waals surface area contributed by atoms with Crippen LogP contribution in [0.4, 0.5) is 0 Å². The second-order valence-corrected chi connectivity index (χ2v) is 1.68. The highest BCUT2D eigenvalue weighted by Crippen LogP contribution is 1.94. The average molecular weight is 123 g/mol. The van der Waals surface area contributed by atoms with Gasteiger partial charge in [-0.25, -0.2) is 0 Å². The zero-order chi connectivity index (χ0) is 7.11. The third-order valence-corrected chi connectivity index (χ3v) is 0.939. The van der Waals surface area contributed by atoms with E-state index in [4.69, 9.17) is 5.26 Å². The van der Waals surface area contributed by atoms with E-state index in [2.05, 4.69) is 6.58 Å². The van der Waals surface area contributed by atoms with Gasteiger partial charge in [0.2, 0.25) is 0 Å². The molecule has 0 aliphatic carbocycles. The molecule has 0 fully saturated rings. The monoisotopic (exact) mass is 123 g/mol. The summed E-state index contributed by atoms with van der Waals surface area (Å²) in [4.78, 5) is 10.5. The van der Waals surface area contributed by atoms with Crippen LogP contribution in [-0.4, -0.2) is 5.78 Å². The summed E-state index contributed by atoms with van der Waals surface area (Å²) in [6, 6.07) is 1.96. The van der Waals surface area contributed by atoms with Crippen LogP contribution in [0.2, 0.25) is 0 Å². The van der Waals surface area contributed by atoms with Gasteiger partial charge >= 0.3 is 0 Å². The van der Waals surface area contributed by atoms with Crippen molar-refractivity contribution in [2.75, 3.05) is 0 Å². The molecule has 0 unspecified atom stereocenters. The number of unbranched alkanes of at least 4 members (excludes halogenated alkanes) is 1. The summed E-state index contributed by atoms with van der Waals surface area (Å²) in [6.07, 6.45) is 2.86. The molecule has 2 heteroatoms. The van der Waals surface area contributed by atoms with Crippen molar-refractivity contribution >= 4 is 5.78 Å². The number of nitrogens with zero attached hydrogens (tertiary/aromatic N) is 1. The molecule has 0 aromatic rings. The summed E-state index contributed by atoms with van der Waals surface area (Å²) in [6.45, 7) is 3.31. The van der Waals surface area contributed by atoms with E-state index in [0.29, 0.717) is 19.3 Å². The van der Waals surface area contributed by atoms with Crippen LogP contribution >= 0.6 is 0 Å². The Bertz CT molecular complexity index is 143. The maximum atomic E-state index is 10.5. The number of carbonyl (C=O) groups excluding carboxylic acids is 1. The van der Waals surface area contributed by atoms with E-state index < -0.39 is 0 Å². The molecule has 0 aromatic carbocycles. The Balaban J connectivity index is 3.19. The standard InChI is InChI=1S/C7H9NO/c1-2-7(9)5-3-4-6-8/h2H,1,3-5H2. The molecule has 0 amide bonds. The van der Waals surface area contributed by atoms with Crippen molar-refractivity contribution in [1.82, 2.24) is 0 Å². The minimum absolute atomic E-state index is 0.0188. The molecular weight excluding hydrogens is 114 g/mol. The first-order valence-electron chi connectivity index (χ1n) is 2.83. The molecule has 0 aliphatic heterocycles. The van der Waals surface area contributed by atoms with Crippen molar-refractivity contribution in [3.63, 3.8) is 0 Å². The number of hydrogen-bond donors (Lipinski definition) is 0. The quantitative estimate of drug-likeness (QED) is 0.419. The van der Waals surface area contributed by atoms with Gasteiger partial charge in [0.05, 0.1) is 6.07 Å². The minimum Gasteiger partial charge on any atom is -0.295 e. The molecule has 0 atom stereocenters. The zero-order valence-corrected chi connectivity index (χ0v) is 5.26. The molecule has 0 bridgehead atoms. The lowest BCUT2D eigenvalue weighted by Gasteiger charge is -1.86. The molecule has 0 aromatic heterocycles. The molecule has 0 saturated carbocycles. The second-order valence-electron chi connectivity index (χ2n) is 1.68. The molecule has 0 saturated heterocycles. The lowest BCUT2D eigenvalue weighted by Crippen LogP contribution is -1.89. The Morgan fingerprint density at radius 3 is 2.89 bits per heavy atom. The molecule has 48 valence electrons. The fourth-order valence-corrected chi connectivity index (χ4v) is 0.444. The summed E-state index contributed by atoms with van der Waals surface area (Å²) < 4.78 is 0. The first-order valence-corrected chi connectivity index (χ1v) is 2.83. The number of carbonyl (C=O) groups is 1. The van der Waals surface area contributed by atoms with Crippen molar-refractivity contribution in [2.45, 2.75) is 19.3 Å². The van der Waals surface area contributed by atoms with Crippen molar-refractivity contribution in [3.05, 3.63) is 12.7 Å². The normalized spacial score (nSPS) is 7.89. The average Bonchev–Trinajstić information content (AvgIpc) is 1.89. The Labute approximate surface area is 54.8 Å². The summed E-state index contributed by atoms with van der Waals surface area (Å²) in [7, 11) is 0. The van der Waals surface area contributed by atoms with Crippen molar-refractivity contribution < 1.29 is 4.79 Å². The molecule has 0 spiro atoms. The number of allylic oxidation sites excluding steroid dienone is 1. The maximum absolute atomic E-state index is 10.5. The number of hydrogen-bond acceptors (Lipinski definition) is 2. The molecule has 0 rings (SSSR count). The Kier molecular flexibility index (Phi) is 4.43. The third-order valence-electron chi connectivity index (χ3n) is 0.939. The maximum Gasteiger partial charge on any atom is 0.155 e. The highest BCUT2D eigenvalue weighted by molar-refractivity contribution is 5.88. The van der Waals surface area contributed by atoms with Crippen LogP contribution in [0.15, 0.2) is 12.7 Å². The van der Waals surface area contributed by atoms with Gasteiger partial charge in [-0.15, -0.1) is 0 Å². The van der Waals surface area contributed by atoms with Crippen LogP contribution in [0.5, 0.6) is 0 Å². The van der Waals surface area contributed by atoms with Gasteiger partial charge in [-0.3, -0.25) is 4.79 Å². The fourth-order valence-electron chi connectivity index (χ4n) is 0.444. The summed E-state index contributed by atoms with van der Waals surface area (Å²) in [5.41, 5.74) is 0. The molecule has 2 nitrogen and oxygen atoms in total. The van der Waals surface area contributed by atoms with Gasteiger partial charge in [0.25, 0.3) is 0 Å². The van der Waals surface area contributed by atoms with E-state index >= 15 is 0 Å². The molecular formula is C7H9NO. The summed E-state index contributed by atoms with van der Waals surface area (Å²) in [5, 5.41) is 8.06. The van der Waals surface area contributed by atoms with E-state index in [1.54, 1.807) is 0 Å². The first kappa shape index (κ1) is 7.90. The van der Waals surface area contributed by atoms with E-state index in [-0.39, 0.29) is 5.78 Å². The fraction of sp³-hybridized carbons (Fsp3) is 0.429. The Hall–Kier alpha value is -1.10. The largest absolute Gasteiger partial charge is 0.295 e. The number of ketones is 1. The molecule has 0 radical (unpaired) electrons. The second kappa shape index (κ2) is 5.04. The van der Waals surface area contributed by atoms with Crippen LogP contribution < -0.4 is 0 Å². The highest BCUT2D eigenvalue weighted by Gasteiger charge is 1.92. The minimum atomic E-state index is 0.0188. The van der Waals surface area contributed by atoms with Crippen LogP contribution in [0, 0.1) is 11.3 Å². The Morgan fingerprint density at radius 1 is 1.78 bits per heavy atom. The molecule has 0 heterocycles. The molecule has 0 aliphatic rings. The predicted molar refractivity (Wildman–Crippen MR) is 34.7 cm³/mol. The predicted octanol–water partition coefficient (Wildman–Crippen LogP) is 1.44. The van der Waals surface area contributed by atoms with Crippen LogP contribution in [0.25, 0.3) is 0 Å². The molecule has 9 heavy (non-hydrogen) atoms. The summed E-state index contributed by atoms with van der Waals surface area (Å²) in [5.74, 6) is 0.0188. The lowest BCUT2D eigenvalue weighted by molar-refractivity contribution is -0.114. The van der Waals surface area contributed by atoms with Gasteiger partial charge in [0, 0.05) is 12.8 Å². The number of rotatable bonds is 4. The SMILES string of the molecule is C=CC(=O)CCCC#N. The van der Waals surface area contributed by atoms with Gasteiger partial charge in [-0.05, 0) is 12.5 Å². The first-order chi connectivity index (χ1) is 4.31. The van der Waals surface area contributed by atoms with Crippen LogP contribution in [0.3, 0.4) is 0 Å². The third kappa shape index (κ3) is 4.76. The highest BCUT2D eigenvalue weighted by atomic mass is 16.1. The van der Waals surface area contributed by atoms with Crippen molar-refractivity contribution in [1.29, 1.82) is 5.26 Å². The Morgan fingerprint density at radius 2 is 2.44 bits per heavy atom. The van der Waals surface area contributed by atoms with Crippen molar-refractivity contribution in [2.24, 2.45) is 0 Å². The van der Waals surface area contributed by atoms with Gasteiger partial charge in [-0.2, -0.15) is 5.26 Å². The van der Waals surface area contributed by atoms with Gasteiger partial charge in [-0.1, -0.05) is 6.58 Å². The zero-order valence-electron chi connectivity index (χ0n) is 5.26. The van der Waals surface area contributed by atoms with E-state index in [1.807, 2.05) is 6.07 Å². The van der Waals surface area contributed by atoms with Crippen LogP contribution in [-0.2, 0) is 4.79 Å². The number of nitriles is 1. The van der Waals surface area contributed by atoms with E-state index in [9.17, 15) is 4.79 Å². The van der Waals surface area contributed by atoms with E-state index in [0.717, 1.165) is 0 Å². The molecule has 0 N–H and O–H groups in total. The van der Waals surface area contributed by atoms with Crippen molar-refractivity contribution in [3.8, 4) is 6.07 Å². The lowest BCUT2D eigenvalue weighted by atomic mass is 10.2. The topological polar surface area (TPSA) is 40.9 Å².